The van der Waals surface area contributed by atoms with Crippen molar-refractivity contribution < 1.29 is 4.79 Å². The van der Waals surface area contributed by atoms with E-state index in [-0.39, 0.29) is 5.92 Å². The zero-order valence-corrected chi connectivity index (χ0v) is 18.1. The molecule has 160 valence electrons. The summed E-state index contributed by atoms with van der Waals surface area (Å²) in [4.78, 5) is 31.3. The standard InChI is InChI=1S/C22H36N6O/c1-3-19-15-21(24-17-23-19)26-9-6-20(7-10-26)28-8-4-5-18(16-28)22(29)27-13-11-25(2)12-14-27/h15,17-18,20H,3-14,16H2,1-2H3/t18-/m0/s1. The van der Waals surface area contributed by atoms with E-state index in [1.807, 2.05) is 0 Å². The first-order chi connectivity index (χ1) is 14.1. The average Bonchev–Trinajstić information content (AvgIpc) is 2.79. The number of rotatable bonds is 4. The van der Waals surface area contributed by atoms with Crippen molar-refractivity contribution in [3.8, 4) is 0 Å². The van der Waals surface area contributed by atoms with E-state index in [0.717, 1.165) is 96.0 Å². The Labute approximate surface area is 175 Å². The number of aryl methyl sites for hydroxylation is 1. The molecule has 7 nitrogen and oxygen atoms in total. The van der Waals surface area contributed by atoms with Gasteiger partial charge in [-0.3, -0.25) is 9.69 Å². The van der Waals surface area contributed by atoms with Gasteiger partial charge in [-0.25, -0.2) is 9.97 Å². The summed E-state index contributed by atoms with van der Waals surface area (Å²) in [5.41, 5.74) is 1.11. The maximum atomic E-state index is 13.0. The lowest BCUT2D eigenvalue weighted by Gasteiger charge is -2.43. The number of anilines is 1. The Morgan fingerprint density at radius 2 is 1.79 bits per heavy atom. The minimum Gasteiger partial charge on any atom is -0.356 e. The Morgan fingerprint density at radius 1 is 1.03 bits per heavy atom. The topological polar surface area (TPSA) is 55.8 Å². The minimum atomic E-state index is 0.194. The first-order valence-electron chi connectivity index (χ1n) is 11.4. The second-order valence-corrected chi connectivity index (χ2v) is 8.90. The van der Waals surface area contributed by atoms with Crippen LogP contribution in [0.3, 0.4) is 0 Å². The fourth-order valence-electron chi connectivity index (χ4n) is 5.04. The van der Waals surface area contributed by atoms with Gasteiger partial charge in [0.2, 0.25) is 5.91 Å². The SMILES string of the molecule is CCc1cc(N2CCC(N3CCC[C@H](C(=O)N4CCN(C)CC4)C3)CC2)ncn1. The zero-order valence-electron chi connectivity index (χ0n) is 18.1. The van der Waals surface area contributed by atoms with E-state index in [4.69, 9.17) is 0 Å². The first-order valence-corrected chi connectivity index (χ1v) is 11.4. The van der Waals surface area contributed by atoms with Gasteiger partial charge < -0.3 is 14.7 Å². The molecule has 3 aliphatic heterocycles. The summed E-state index contributed by atoms with van der Waals surface area (Å²) < 4.78 is 0. The molecule has 0 aliphatic carbocycles. The molecule has 1 aromatic rings. The summed E-state index contributed by atoms with van der Waals surface area (Å²) in [6.07, 6.45) is 7.15. The predicted molar refractivity (Wildman–Crippen MR) is 115 cm³/mol. The van der Waals surface area contributed by atoms with Crippen LogP contribution in [0.5, 0.6) is 0 Å². The smallest absolute Gasteiger partial charge is 0.227 e. The number of nitrogens with zero attached hydrogens (tertiary/aromatic N) is 6. The number of carbonyl (C=O) groups is 1. The molecule has 4 rings (SSSR count). The quantitative estimate of drug-likeness (QED) is 0.763. The summed E-state index contributed by atoms with van der Waals surface area (Å²) in [7, 11) is 2.14. The Bertz CT molecular complexity index is 682. The highest BCUT2D eigenvalue weighted by atomic mass is 16.2. The molecule has 3 saturated heterocycles. The van der Waals surface area contributed by atoms with Crippen molar-refractivity contribution >= 4 is 11.7 Å². The second kappa shape index (κ2) is 9.39. The van der Waals surface area contributed by atoms with Crippen molar-refractivity contribution in [2.24, 2.45) is 5.92 Å². The van der Waals surface area contributed by atoms with Crippen LogP contribution in [0.25, 0.3) is 0 Å². The average molecular weight is 401 g/mol. The summed E-state index contributed by atoms with van der Waals surface area (Å²) in [6.45, 7) is 10.1. The molecule has 1 atom stereocenters. The van der Waals surface area contributed by atoms with Crippen LogP contribution in [-0.2, 0) is 11.2 Å². The van der Waals surface area contributed by atoms with Gasteiger partial charge in [-0.15, -0.1) is 0 Å². The fraction of sp³-hybridized carbons (Fsp3) is 0.773. The molecule has 1 amide bonds. The van der Waals surface area contributed by atoms with E-state index >= 15 is 0 Å². The maximum Gasteiger partial charge on any atom is 0.227 e. The number of likely N-dealkylation sites (tertiary alicyclic amines) is 1. The lowest BCUT2D eigenvalue weighted by Crippen LogP contribution is -2.54. The van der Waals surface area contributed by atoms with Crippen LogP contribution >= 0.6 is 0 Å². The number of amides is 1. The minimum absolute atomic E-state index is 0.194. The van der Waals surface area contributed by atoms with Crippen LogP contribution in [0.1, 0.15) is 38.3 Å². The molecule has 0 unspecified atom stereocenters. The number of hydrogen-bond donors (Lipinski definition) is 0. The lowest BCUT2D eigenvalue weighted by atomic mass is 9.92. The van der Waals surface area contributed by atoms with Crippen LogP contribution in [-0.4, -0.2) is 96.0 Å². The largest absolute Gasteiger partial charge is 0.356 e. The summed E-state index contributed by atoms with van der Waals surface area (Å²) >= 11 is 0. The molecule has 0 radical (unpaired) electrons. The van der Waals surface area contributed by atoms with Crippen LogP contribution in [0.15, 0.2) is 12.4 Å². The second-order valence-electron chi connectivity index (χ2n) is 8.90. The van der Waals surface area contributed by atoms with Crippen LogP contribution in [0, 0.1) is 5.92 Å². The third-order valence-electron chi connectivity index (χ3n) is 6.99. The van der Waals surface area contributed by atoms with Crippen molar-refractivity contribution in [2.45, 2.75) is 45.1 Å². The molecular weight excluding hydrogens is 364 g/mol. The van der Waals surface area contributed by atoms with Gasteiger partial charge in [-0.05, 0) is 45.7 Å². The highest BCUT2D eigenvalue weighted by Gasteiger charge is 2.34. The number of carbonyl (C=O) groups excluding carboxylic acids is 1. The molecular formula is C22H36N6O. The Morgan fingerprint density at radius 3 is 2.52 bits per heavy atom. The predicted octanol–water partition coefficient (Wildman–Crippen LogP) is 1.49. The monoisotopic (exact) mass is 400 g/mol. The van der Waals surface area contributed by atoms with E-state index in [9.17, 15) is 4.79 Å². The van der Waals surface area contributed by atoms with Crippen molar-refractivity contribution in [3.63, 3.8) is 0 Å². The van der Waals surface area contributed by atoms with Gasteiger partial charge >= 0.3 is 0 Å². The Kier molecular flexibility index (Phi) is 6.65. The Hall–Kier alpha value is -1.73. The third-order valence-corrected chi connectivity index (χ3v) is 6.99. The molecule has 1 aromatic heterocycles. The maximum absolute atomic E-state index is 13.0. The van der Waals surface area contributed by atoms with Crippen LogP contribution in [0.2, 0.25) is 0 Å². The molecule has 3 aliphatic rings. The van der Waals surface area contributed by atoms with Gasteiger partial charge in [0, 0.05) is 63.6 Å². The third kappa shape index (κ3) is 4.89. The van der Waals surface area contributed by atoms with Crippen molar-refractivity contribution in [2.75, 3.05) is 64.3 Å². The highest BCUT2D eigenvalue weighted by molar-refractivity contribution is 5.79. The van der Waals surface area contributed by atoms with E-state index < -0.39 is 0 Å². The number of piperazine rings is 1. The van der Waals surface area contributed by atoms with Gasteiger partial charge in [0.05, 0.1) is 5.92 Å². The molecule has 0 spiro atoms. The molecule has 4 heterocycles. The molecule has 0 saturated carbocycles. The van der Waals surface area contributed by atoms with Crippen LogP contribution < -0.4 is 4.90 Å². The van der Waals surface area contributed by atoms with Gasteiger partial charge in [0.25, 0.3) is 0 Å². The van der Waals surface area contributed by atoms with Crippen molar-refractivity contribution in [1.82, 2.24) is 24.7 Å². The zero-order chi connectivity index (χ0) is 20.2. The molecule has 0 aromatic carbocycles. The first kappa shape index (κ1) is 20.5. The normalized spacial score (nSPS) is 25.4. The van der Waals surface area contributed by atoms with Gasteiger partial charge in [0.15, 0.2) is 0 Å². The number of hydrogen-bond acceptors (Lipinski definition) is 6. The van der Waals surface area contributed by atoms with Crippen LogP contribution in [0.4, 0.5) is 5.82 Å². The number of piperidine rings is 2. The molecule has 29 heavy (non-hydrogen) atoms. The van der Waals surface area contributed by atoms with Crippen molar-refractivity contribution in [3.05, 3.63) is 18.1 Å². The Balaban J connectivity index is 1.30. The number of aromatic nitrogens is 2. The van der Waals surface area contributed by atoms with Gasteiger partial charge in [-0.1, -0.05) is 6.92 Å². The molecule has 0 bridgehead atoms. The van der Waals surface area contributed by atoms with Gasteiger partial charge in [0.1, 0.15) is 12.1 Å². The number of likely N-dealkylation sites (N-methyl/N-ethyl adjacent to an activating group) is 1. The van der Waals surface area contributed by atoms with E-state index in [0.29, 0.717) is 11.9 Å². The molecule has 0 N–H and O–H groups in total. The van der Waals surface area contributed by atoms with E-state index in [2.05, 4.69) is 49.6 Å². The van der Waals surface area contributed by atoms with Gasteiger partial charge in [-0.2, -0.15) is 0 Å². The van der Waals surface area contributed by atoms with E-state index in [1.165, 1.54) is 0 Å². The summed E-state index contributed by atoms with van der Waals surface area (Å²) in [5.74, 6) is 1.66. The fourth-order valence-corrected chi connectivity index (χ4v) is 5.04. The highest BCUT2D eigenvalue weighted by Crippen LogP contribution is 2.27. The molecule has 3 fully saturated rings. The summed E-state index contributed by atoms with van der Waals surface area (Å²) in [5, 5.41) is 0. The summed E-state index contributed by atoms with van der Waals surface area (Å²) in [6, 6.07) is 2.73. The lowest BCUT2D eigenvalue weighted by molar-refractivity contribution is -0.139. The van der Waals surface area contributed by atoms with Crippen molar-refractivity contribution in [1.29, 1.82) is 0 Å². The molecule has 7 heteroatoms. The van der Waals surface area contributed by atoms with E-state index in [1.54, 1.807) is 6.33 Å².